The second kappa shape index (κ2) is 5.82. The van der Waals surface area contributed by atoms with E-state index in [1.54, 1.807) is 6.92 Å². The van der Waals surface area contributed by atoms with Crippen LogP contribution < -0.4 is 0 Å². The molecule has 1 aromatic carbocycles. The van der Waals surface area contributed by atoms with Gasteiger partial charge in [-0.3, -0.25) is 29.4 Å². The summed E-state index contributed by atoms with van der Waals surface area (Å²) in [5.41, 5.74) is -0.0887. The molecule has 7 heteroatoms. The van der Waals surface area contributed by atoms with Gasteiger partial charge in [-0.2, -0.15) is 0 Å². The van der Waals surface area contributed by atoms with Crippen molar-refractivity contribution in [3.05, 3.63) is 39.9 Å². The van der Waals surface area contributed by atoms with Crippen LogP contribution in [0.3, 0.4) is 0 Å². The molecule has 0 unspecified atom stereocenters. The Morgan fingerprint density at radius 1 is 1.33 bits per heavy atom. The van der Waals surface area contributed by atoms with Gasteiger partial charge in [-0.25, -0.2) is 0 Å². The monoisotopic (exact) mass is 290 g/mol. The predicted octanol–water partition coefficient (Wildman–Crippen LogP) is 1.56. The van der Waals surface area contributed by atoms with Gasteiger partial charge in [0, 0.05) is 30.5 Å². The lowest BCUT2D eigenvalue weighted by Crippen LogP contribution is -2.45. The van der Waals surface area contributed by atoms with Crippen molar-refractivity contribution < 1.29 is 19.3 Å². The van der Waals surface area contributed by atoms with Gasteiger partial charge in [-0.05, 0) is 5.92 Å². The van der Waals surface area contributed by atoms with E-state index >= 15 is 0 Å². The number of amides is 2. The lowest BCUT2D eigenvalue weighted by Gasteiger charge is -2.27. The average molecular weight is 290 g/mol. The number of carbonyl (C=O) groups excluding carboxylic acids is 3. The number of ketones is 1. The predicted molar refractivity (Wildman–Crippen MR) is 72.5 cm³/mol. The number of nitro benzene ring substituents is 1. The number of nitrogens with zero attached hydrogens (tertiary/aromatic N) is 2. The van der Waals surface area contributed by atoms with Crippen molar-refractivity contribution >= 4 is 23.3 Å². The van der Waals surface area contributed by atoms with E-state index in [0.29, 0.717) is 0 Å². The van der Waals surface area contributed by atoms with Crippen molar-refractivity contribution in [2.24, 2.45) is 5.92 Å². The van der Waals surface area contributed by atoms with Gasteiger partial charge in [-0.1, -0.05) is 19.1 Å². The summed E-state index contributed by atoms with van der Waals surface area (Å²) in [6, 6.07) is 5.24. The summed E-state index contributed by atoms with van der Waals surface area (Å²) in [5.74, 6) is -1.26. The molecule has 0 spiro atoms. The SMILES string of the molecule is CC1CC(=O)N(CC(=O)c2cccc([N+](=O)[O-])c2)C(=O)C1. The topological polar surface area (TPSA) is 97.6 Å². The van der Waals surface area contributed by atoms with E-state index in [4.69, 9.17) is 0 Å². The summed E-state index contributed by atoms with van der Waals surface area (Å²) in [4.78, 5) is 46.7. The van der Waals surface area contributed by atoms with Crippen LogP contribution in [0.2, 0.25) is 0 Å². The molecule has 0 atom stereocenters. The number of carbonyl (C=O) groups is 3. The molecule has 2 rings (SSSR count). The molecule has 0 N–H and O–H groups in total. The van der Waals surface area contributed by atoms with Crippen molar-refractivity contribution in [1.82, 2.24) is 4.90 Å². The largest absolute Gasteiger partial charge is 0.292 e. The number of Topliss-reactive ketones (excluding diaryl/α,β-unsaturated/α-hetero) is 1. The third-order valence-corrected chi connectivity index (χ3v) is 3.33. The maximum Gasteiger partial charge on any atom is 0.270 e. The van der Waals surface area contributed by atoms with Gasteiger partial charge in [0.05, 0.1) is 11.5 Å². The Balaban J connectivity index is 2.14. The van der Waals surface area contributed by atoms with Crippen LogP contribution in [-0.2, 0) is 9.59 Å². The normalized spacial score (nSPS) is 16.1. The molecule has 1 saturated heterocycles. The lowest BCUT2D eigenvalue weighted by atomic mass is 9.97. The zero-order valence-corrected chi connectivity index (χ0v) is 11.4. The smallest absolute Gasteiger partial charge is 0.270 e. The molecule has 0 bridgehead atoms. The second-order valence-electron chi connectivity index (χ2n) is 5.12. The van der Waals surface area contributed by atoms with E-state index in [0.717, 1.165) is 11.0 Å². The molecule has 0 saturated carbocycles. The third-order valence-electron chi connectivity index (χ3n) is 3.33. The summed E-state index contributed by atoms with van der Waals surface area (Å²) in [7, 11) is 0. The number of hydrogen-bond donors (Lipinski definition) is 0. The average Bonchev–Trinajstić information content (AvgIpc) is 2.42. The molecule has 0 radical (unpaired) electrons. The number of imide groups is 1. The van der Waals surface area contributed by atoms with Gasteiger partial charge >= 0.3 is 0 Å². The first-order valence-electron chi connectivity index (χ1n) is 6.49. The maximum absolute atomic E-state index is 12.1. The number of nitro groups is 1. The van der Waals surface area contributed by atoms with E-state index < -0.39 is 10.7 Å². The van der Waals surface area contributed by atoms with Crippen molar-refractivity contribution in [1.29, 1.82) is 0 Å². The van der Waals surface area contributed by atoms with Gasteiger partial charge in [0.2, 0.25) is 11.8 Å². The zero-order chi connectivity index (χ0) is 15.6. The molecule has 1 heterocycles. The molecule has 1 aliphatic heterocycles. The number of rotatable bonds is 4. The number of likely N-dealkylation sites (tertiary alicyclic amines) is 1. The Morgan fingerprint density at radius 2 is 1.95 bits per heavy atom. The molecular weight excluding hydrogens is 276 g/mol. The minimum Gasteiger partial charge on any atom is -0.292 e. The minimum atomic E-state index is -0.602. The number of non-ortho nitro benzene ring substituents is 1. The van der Waals surface area contributed by atoms with Crippen molar-refractivity contribution in [2.45, 2.75) is 19.8 Å². The molecule has 0 aliphatic carbocycles. The molecular formula is C14H14N2O5. The van der Waals surface area contributed by atoms with Crippen molar-refractivity contribution in [3.63, 3.8) is 0 Å². The van der Waals surface area contributed by atoms with Crippen LogP contribution in [0.1, 0.15) is 30.1 Å². The third kappa shape index (κ3) is 3.31. The molecule has 21 heavy (non-hydrogen) atoms. The molecule has 1 fully saturated rings. The molecule has 2 amide bonds. The fourth-order valence-electron chi connectivity index (χ4n) is 2.23. The van der Waals surface area contributed by atoms with Crippen LogP contribution in [0.15, 0.2) is 24.3 Å². The first-order chi connectivity index (χ1) is 9.88. The first-order valence-corrected chi connectivity index (χ1v) is 6.49. The molecule has 1 aliphatic rings. The minimum absolute atomic E-state index is 0.0193. The summed E-state index contributed by atoms with van der Waals surface area (Å²) in [6.07, 6.45) is 0.460. The number of benzene rings is 1. The summed E-state index contributed by atoms with van der Waals surface area (Å²) < 4.78 is 0. The van der Waals surface area contributed by atoms with E-state index in [1.807, 2.05) is 0 Å². The van der Waals surface area contributed by atoms with Crippen LogP contribution in [0, 0.1) is 16.0 Å². The summed E-state index contributed by atoms with van der Waals surface area (Å²) in [5, 5.41) is 10.7. The van der Waals surface area contributed by atoms with Crippen LogP contribution in [0.5, 0.6) is 0 Å². The lowest BCUT2D eigenvalue weighted by molar-refractivity contribution is -0.384. The van der Waals surface area contributed by atoms with Gasteiger partial charge in [-0.15, -0.1) is 0 Å². The van der Waals surface area contributed by atoms with Crippen molar-refractivity contribution in [3.8, 4) is 0 Å². The van der Waals surface area contributed by atoms with Crippen molar-refractivity contribution in [2.75, 3.05) is 6.54 Å². The Hall–Kier alpha value is -2.57. The highest BCUT2D eigenvalue weighted by atomic mass is 16.6. The number of piperidine rings is 1. The quantitative estimate of drug-likeness (QED) is 0.363. The maximum atomic E-state index is 12.1. The van der Waals surface area contributed by atoms with Crippen LogP contribution in [0.4, 0.5) is 5.69 Å². The number of hydrogen-bond acceptors (Lipinski definition) is 5. The van der Waals surface area contributed by atoms with E-state index in [9.17, 15) is 24.5 Å². The van der Waals surface area contributed by atoms with E-state index in [2.05, 4.69) is 0 Å². The molecule has 1 aromatic rings. The Kier molecular flexibility index (Phi) is 4.11. The van der Waals surface area contributed by atoms with Gasteiger partial charge < -0.3 is 0 Å². The first kappa shape index (κ1) is 14.8. The second-order valence-corrected chi connectivity index (χ2v) is 5.12. The highest BCUT2D eigenvalue weighted by Crippen LogP contribution is 2.20. The van der Waals surface area contributed by atoms with Crippen LogP contribution in [-0.4, -0.2) is 34.0 Å². The Morgan fingerprint density at radius 3 is 2.52 bits per heavy atom. The van der Waals surface area contributed by atoms with Crippen LogP contribution >= 0.6 is 0 Å². The summed E-state index contributed by atoms with van der Waals surface area (Å²) >= 11 is 0. The van der Waals surface area contributed by atoms with E-state index in [1.165, 1.54) is 18.2 Å². The Bertz CT molecular complexity index is 608. The fourth-order valence-corrected chi connectivity index (χ4v) is 2.23. The van der Waals surface area contributed by atoms with Gasteiger partial charge in [0.1, 0.15) is 0 Å². The van der Waals surface area contributed by atoms with E-state index in [-0.39, 0.29) is 48.4 Å². The molecule has 0 aromatic heterocycles. The summed E-state index contributed by atoms with van der Waals surface area (Å²) in [6.45, 7) is 1.43. The fraction of sp³-hybridized carbons (Fsp3) is 0.357. The molecule has 7 nitrogen and oxygen atoms in total. The highest BCUT2D eigenvalue weighted by Gasteiger charge is 2.31. The van der Waals surface area contributed by atoms with Crippen LogP contribution in [0.25, 0.3) is 0 Å². The highest BCUT2D eigenvalue weighted by molar-refractivity contribution is 6.05. The Labute approximate surface area is 120 Å². The van der Waals surface area contributed by atoms with Gasteiger partial charge in [0.25, 0.3) is 5.69 Å². The molecule has 110 valence electrons. The zero-order valence-electron chi connectivity index (χ0n) is 11.4. The standard InChI is InChI=1S/C14H14N2O5/c1-9-5-13(18)15(14(19)6-9)8-12(17)10-3-2-4-11(7-10)16(20)21/h2-4,7,9H,5-6,8H2,1H3. The van der Waals surface area contributed by atoms with Gasteiger partial charge in [0.15, 0.2) is 5.78 Å².